The molecule has 0 unspecified atom stereocenters. The Kier molecular flexibility index (Phi) is 4.18. The van der Waals surface area contributed by atoms with E-state index in [1.54, 1.807) is 0 Å². The predicted octanol–water partition coefficient (Wildman–Crippen LogP) is 3.68. The minimum atomic E-state index is 0.592. The highest BCUT2D eigenvalue weighted by Gasteiger charge is 2.38. The van der Waals surface area contributed by atoms with Crippen LogP contribution in [-0.4, -0.2) is 31.1 Å². The minimum Gasteiger partial charge on any atom is -0.317 e. The van der Waals surface area contributed by atoms with Crippen LogP contribution < -0.4 is 5.32 Å². The summed E-state index contributed by atoms with van der Waals surface area (Å²) in [4.78, 5) is 2.60. The number of hydrogen-bond donors (Lipinski definition) is 1. The van der Waals surface area contributed by atoms with Crippen molar-refractivity contribution in [3.8, 4) is 0 Å². The molecule has 1 spiro atoms. The summed E-state index contributed by atoms with van der Waals surface area (Å²) >= 11 is 9.55. The maximum atomic E-state index is 6.05. The maximum absolute atomic E-state index is 6.05. The highest BCUT2D eigenvalue weighted by atomic mass is 79.9. The lowest BCUT2D eigenvalue weighted by molar-refractivity contribution is 0.194. The van der Waals surface area contributed by atoms with Gasteiger partial charge in [0.2, 0.25) is 0 Å². The molecule has 19 heavy (non-hydrogen) atoms. The van der Waals surface area contributed by atoms with Gasteiger partial charge < -0.3 is 5.32 Å². The van der Waals surface area contributed by atoms with Crippen LogP contribution in [0.2, 0.25) is 5.02 Å². The highest BCUT2D eigenvalue weighted by Crippen LogP contribution is 2.39. The number of halogens is 2. The molecule has 0 amide bonds. The van der Waals surface area contributed by atoms with Gasteiger partial charge in [-0.25, -0.2) is 0 Å². The fourth-order valence-electron chi connectivity index (χ4n) is 3.42. The largest absolute Gasteiger partial charge is 0.317 e. The quantitative estimate of drug-likeness (QED) is 0.881. The van der Waals surface area contributed by atoms with Gasteiger partial charge in [0.05, 0.1) is 5.02 Å². The number of benzene rings is 1. The van der Waals surface area contributed by atoms with Crippen molar-refractivity contribution in [1.82, 2.24) is 10.2 Å². The summed E-state index contributed by atoms with van der Waals surface area (Å²) in [6.07, 6.45) is 4.05. The third-order valence-corrected chi connectivity index (χ3v) is 5.79. The van der Waals surface area contributed by atoms with E-state index in [2.05, 4.69) is 38.3 Å². The lowest BCUT2D eigenvalue weighted by atomic mass is 9.78. The Hall–Kier alpha value is -0.0900. The van der Waals surface area contributed by atoms with Gasteiger partial charge in [-0.05, 0) is 77.9 Å². The first kappa shape index (κ1) is 13.9. The normalized spacial score (nSPS) is 23.1. The number of hydrogen-bond acceptors (Lipinski definition) is 2. The number of nitrogens with zero attached hydrogens (tertiary/aromatic N) is 1. The lowest BCUT2D eigenvalue weighted by Crippen LogP contribution is -2.38. The zero-order valence-electron chi connectivity index (χ0n) is 11.1. The van der Waals surface area contributed by atoms with Crippen molar-refractivity contribution >= 4 is 27.5 Å². The van der Waals surface area contributed by atoms with Crippen molar-refractivity contribution in [2.24, 2.45) is 5.41 Å². The van der Waals surface area contributed by atoms with Crippen molar-refractivity contribution < 1.29 is 0 Å². The van der Waals surface area contributed by atoms with Crippen LogP contribution in [0, 0.1) is 5.41 Å². The van der Waals surface area contributed by atoms with Crippen molar-refractivity contribution in [2.45, 2.75) is 25.8 Å². The Morgan fingerprint density at radius 1 is 1.26 bits per heavy atom. The van der Waals surface area contributed by atoms with Gasteiger partial charge in [-0.3, -0.25) is 4.90 Å². The van der Waals surface area contributed by atoms with Gasteiger partial charge in [-0.1, -0.05) is 17.7 Å². The molecule has 3 rings (SSSR count). The molecule has 1 N–H and O–H groups in total. The first-order valence-corrected chi connectivity index (χ1v) is 8.21. The SMILES string of the molecule is Clc1ccc(CN2CCC3(CCNCC3)C2)cc1Br. The van der Waals surface area contributed by atoms with Crippen LogP contribution in [0.4, 0.5) is 0 Å². The molecule has 2 aliphatic heterocycles. The van der Waals surface area contributed by atoms with Gasteiger partial charge in [0.25, 0.3) is 0 Å². The van der Waals surface area contributed by atoms with Gasteiger partial charge in [-0.2, -0.15) is 0 Å². The monoisotopic (exact) mass is 342 g/mol. The molecule has 104 valence electrons. The molecule has 1 aromatic rings. The van der Waals surface area contributed by atoms with Crippen molar-refractivity contribution in [1.29, 1.82) is 0 Å². The van der Waals surface area contributed by atoms with E-state index in [0.29, 0.717) is 5.41 Å². The summed E-state index contributed by atoms with van der Waals surface area (Å²) in [5, 5.41) is 4.27. The average molecular weight is 344 g/mol. The number of rotatable bonds is 2. The molecule has 0 saturated carbocycles. The summed E-state index contributed by atoms with van der Waals surface area (Å²) < 4.78 is 1.00. The third-order valence-electron chi connectivity index (χ3n) is 4.57. The Bertz CT molecular complexity index is 457. The van der Waals surface area contributed by atoms with Gasteiger partial charge in [0, 0.05) is 17.6 Å². The van der Waals surface area contributed by atoms with Crippen LogP contribution in [0.25, 0.3) is 0 Å². The summed E-state index contributed by atoms with van der Waals surface area (Å²) in [6, 6.07) is 6.27. The van der Waals surface area contributed by atoms with E-state index in [1.807, 2.05) is 6.07 Å². The predicted molar refractivity (Wildman–Crippen MR) is 83.6 cm³/mol. The van der Waals surface area contributed by atoms with E-state index >= 15 is 0 Å². The molecule has 0 aliphatic carbocycles. The maximum Gasteiger partial charge on any atom is 0.0548 e. The molecule has 2 nitrogen and oxygen atoms in total. The molecule has 0 bridgehead atoms. The number of piperidine rings is 1. The summed E-state index contributed by atoms with van der Waals surface area (Å²) in [6.45, 7) is 5.93. The first-order valence-electron chi connectivity index (χ1n) is 7.04. The molecule has 2 heterocycles. The van der Waals surface area contributed by atoms with E-state index in [4.69, 9.17) is 11.6 Å². The minimum absolute atomic E-state index is 0.592. The van der Waals surface area contributed by atoms with Crippen LogP contribution in [0.5, 0.6) is 0 Å². The standard InChI is InChI=1S/C15H20BrClN2/c16-13-9-12(1-2-14(13)17)10-19-8-5-15(11-19)3-6-18-7-4-15/h1-2,9,18H,3-8,10-11H2. The summed E-state index contributed by atoms with van der Waals surface area (Å²) in [5.41, 5.74) is 1.94. The second kappa shape index (κ2) is 5.72. The molecular formula is C15H20BrClN2. The Labute approximate surface area is 128 Å². The Morgan fingerprint density at radius 2 is 2.05 bits per heavy atom. The smallest absolute Gasteiger partial charge is 0.0548 e. The summed E-state index contributed by atoms with van der Waals surface area (Å²) in [5.74, 6) is 0. The molecular weight excluding hydrogens is 324 g/mol. The Morgan fingerprint density at radius 3 is 2.79 bits per heavy atom. The van der Waals surface area contributed by atoms with E-state index in [-0.39, 0.29) is 0 Å². The molecule has 2 fully saturated rings. The third kappa shape index (κ3) is 3.15. The zero-order valence-corrected chi connectivity index (χ0v) is 13.4. The van der Waals surface area contributed by atoms with Crippen molar-refractivity contribution in [3.05, 3.63) is 33.3 Å². The topological polar surface area (TPSA) is 15.3 Å². The van der Waals surface area contributed by atoms with Crippen LogP contribution >= 0.6 is 27.5 Å². The van der Waals surface area contributed by atoms with Gasteiger partial charge in [-0.15, -0.1) is 0 Å². The molecule has 1 aromatic carbocycles. The lowest BCUT2D eigenvalue weighted by Gasteiger charge is -2.34. The fraction of sp³-hybridized carbons (Fsp3) is 0.600. The highest BCUT2D eigenvalue weighted by molar-refractivity contribution is 9.10. The Balaban J connectivity index is 1.63. The van der Waals surface area contributed by atoms with Gasteiger partial charge in [0.15, 0.2) is 0 Å². The molecule has 0 radical (unpaired) electrons. The number of nitrogens with one attached hydrogen (secondary N) is 1. The molecule has 4 heteroatoms. The second-order valence-electron chi connectivity index (χ2n) is 5.96. The molecule has 0 atom stereocenters. The van der Waals surface area contributed by atoms with Crippen LogP contribution in [0.3, 0.4) is 0 Å². The molecule has 2 saturated heterocycles. The zero-order chi connectivity index (χ0) is 13.3. The number of likely N-dealkylation sites (tertiary alicyclic amines) is 1. The van der Waals surface area contributed by atoms with E-state index in [9.17, 15) is 0 Å². The van der Waals surface area contributed by atoms with Gasteiger partial charge >= 0.3 is 0 Å². The molecule has 0 aromatic heterocycles. The summed E-state index contributed by atoms with van der Waals surface area (Å²) in [7, 11) is 0. The van der Waals surface area contributed by atoms with Crippen molar-refractivity contribution in [3.63, 3.8) is 0 Å². The van der Waals surface area contributed by atoms with Crippen LogP contribution in [0.15, 0.2) is 22.7 Å². The van der Waals surface area contributed by atoms with Gasteiger partial charge in [0.1, 0.15) is 0 Å². The van der Waals surface area contributed by atoms with Crippen LogP contribution in [-0.2, 0) is 6.54 Å². The van der Waals surface area contributed by atoms with E-state index < -0.39 is 0 Å². The van der Waals surface area contributed by atoms with E-state index in [1.165, 1.54) is 51.0 Å². The van der Waals surface area contributed by atoms with Crippen LogP contribution in [0.1, 0.15) is 24.8 Å². The fourth-order valence-corrected chi connectivity index (χ4v) is 3.97. The first-order chi connectivity index (χ1) is 9.17. The molecule has 2 aliphatic rings. The average Bonchev–Trinajstić information content (AvgIpc) is 2.78. The van der Waals surface area contributed by atoms with E-state index in [0.717, 1.165) is 16.0 Å². The second-order valence-corrected chi connectivity index (χ2v) is 7.22. The van der Waals surface area contributed by atoms with Crippen molar-refractivity contribution in [2.75, 3.05) is 26.2 Å².